The molecule has 3 rings (SSSR count). The number of likely N-dealkylation sites (tertiary alicyclic amines) is 2. The van der Waals surface area contributed by atoms with E-state index < -0.39 is 0 Å². The highest BCUT2D eigenvalue weighted by Gasteiger charge is 2.49. The SMILES string of the molecule is CC(=O)N1CCC[C@@]2(C)[C@@H]1CCCN2C(=O)c1cccnc1. The summed E-state index contributed by atoms with van der Waals surface area (Å²) in [5, 5.41) is 0. The molecule has 2 amide bonds. The van der Waals surface area contributed by atoms with Gasteiger partial charge in [0, 0.05) is 32.4 Å². The standard InChI is InChI=1S/C17H23N3O2/c1-13(21)19-10-5-8-17(2)15(19)7-4-11-20(17)16(22)14-6-3-9-18-12-14/h3,6,9,12,15H,4-5,7-8,10-11H2,1-2H3/t15-,17-/m0/s1. The maximum absolute atomic E-state index is 12.9. The third kappa shape index (κ3) is 2.38. The molecule has 0 N–H and O–H groups in total. The van der Waals surface area contributed by atoms with E-state index in [2.05, 4.69) is 11.9 Å². The van der Waals surface area contributed by atoms with Crippen LogP contribution in [0.15, 0.2) is 24.5 Å². The molecule has 0 spiro atoms. The Kier molecular flexibility index (Phi) is 3.89. The van der Waals surface area contributed by atoms with Gasteiger partial charge in [0.15, 0.2) is 0 Å². The molecule has 1 aromatic rings. The van der Waals surface area contributed by atoms with Gasteiger partial charge in [-0.25, -0.2) is 0 Å². The Morgan fingerprint density at radius 2 is 2.14 bits per heavy atom. The zero-order chi connectivity index (χ0) is 15.7. The highest BCUT2D eigenvalue weighted by atomic mass is 16.2. The van der Waals surface area contributed by atoms with E-state index in [0.29, 0.717) is 5.56 Å². The second kappa shape index (κ2) is 5.71. The monoisotopic (exact) mass is 301 g/mol. The molecule has 0 aromatic carbocycles. The van der Waals surface area contributed by atoms with Gasteiger partial charge in [-0.15, -0.1) is 0 Å². The van der Waals surface area contributed by atoms with E-state index in [4.69, 9.17) is 0 Å². The van der Waals surface area contributed by atoms with E-state index in [1.165, 1.54) is 0 Å². The van der Waals surface area contributed by atoms with E-state index in [1.54, 1.807) is 25.4 Å². The maximum atomic E-state index is 12.9. The number of hydrogen-bond acceptors (Lipinski definition) is 3. The van der Waals surface area contributed by atoms with Gasteiger partial charge in [0.2, 0.25) is 5.91 Å². The first-order valence-corrected chi connectivity index (χ1v) is 8.03. The topological polar surface area (TPSA) is 53.5 Å². The van der Waals surface area contributed by atoms with E-state index in [-0.39, 0.29) is 23.4 Å². The number of piperidine rings is 2. The van der Waals surface area contributed by atoms with E-state index >= 15 is 0 Å². The fraction of sp³-hybridized carbons (Fsp3) is 0.588. The highest BCUT2D eigenvalue weighted by molar-refractivity contribution is 5.94. The van der Waals surface area contributed by atoms with Crippen LogP contribution in [-0.4, -0.2) is 51.3 Å². The number of nitrogens with zero attached hydrogens (tertiary/aromatic N) is 3. The molecule has 2 saturated heterocycles. The number of hydrogen-bond donors (Lipinski definition) is 0. The summed E-state index contributed by atoms with van der Waals surface area (Å²) < 4.78 is 0. The van der Waals surface area contributed by atoms with Crippen LogP contribution in [-0.2, 0) is 4.79 Å². The third-order valence-electron chi connectivity index (χ3n) is 5.21. The van der Waals surface area contributed by atoms with Crippen molar-refractivity contribution < 1.29 is 9.59 Å². The maximum Gasteiger partial charge on any atom is 0.255 e. The lowest BCUT2D eigenvalue weighted by atomic mass is 9.75. The lowest BCUT2D eigenvalue weighted by molar-refractivity contribution is -0.140. The van der Waals surface area contributed by atoms with Gasteiger partial charge in [0.1, 0.15) is 0 Å². The van der Waals surface area contributed by atoms with Crippen molar-refractivity contribution in [2.45, 2.75) is 51.1 Å². The summed E-state index contributed by atoms with van der Waals surface area (Å²) in [4.78, 5) is 32.9. The number of aromatic nitrogens is 1. The summed E-state index contributed by atoms with van der Waals surface area (Å²) in [6, 6.07) is 3.74. The van der Waals surface area contributed by atoms with Crippen molar-refractivity contribution in [3.05, 3.63) is 30.1 Å². The quantitative estimate of drug-likeness (QED) is 0.798. The van der Waals surface area contributed by atoms with Crippen LogP contribution in [0.4, 0.5) is 0 Å². The third-order valence-corrected chi connectivity index (χ3v) is 5.21. The van der Waals surface area contributed by atoms with Gasteiger partial charge < -0.3 is 9.80 Å². The van der Waals surface area contributed by atoms with Gasteiger partial charge in [-0.1, -0.05) is 0 Å². The van der Waals surface area contributed by atoms with E-state index in [1.807, 2.05) is 15.9 Å². The lowest BCUT2D eigenvalue weighted by Gasteiger charge is -2.56. The molecule has 118 valence electrons. The molecule has 3 heterocycles. The molecule has 0 unspecified atom stereocenters. The van der Waals surface area contributed by atoms with E-state index in [9.17, 15) is 9.59 Å². The highest BCUT2D eigenvalue weighted by Crippen LogP contribution is 2.39. The Morgan fingerprint density at radius 1 is 1.32 bits per heavy atom. The summed E-state index contributed by atoms with van der Waals surface area (Å²) in [6.45, 7) is 5.34. The van der Waals surface area contributed by atoms with Gasteiger partial charge in [-0.05, 0) is 44.7 Å². The fourth-order valence-electron chi connectivity index (χ4n) is 4.10. The zero-order valence-electron chi connectivity index (χ0n) is 13.3. The molecule has 5 nitrogen and oxygen atoms in total. The van der Waals surface area contributed by atoms with Crippen molar-refractivity contribution in [2.75, 3.05) is 13.1 Å². The number of fused-ring (bicyclic) bond motifs is 1. The molecule has 2 aliphatic heterocycles. The van der Waals surface area contributed by atoms with Gasteiger partial charge in [-0.3, -0.25) is 14.6 Å². The van der Waals surface area contributed by atoms with Crippen LogP contribution < -0.4 is 0 Å². The minimum Gasteiger partial charge on any atom is -0.338 e. The number of rotatable bonds is 1. The predicted molar refractivity (Wildman–Crippen MR) is 83.3 cm³/mol. The second-order valence-electron chi connectivity index (χ2n) is 6.53. The Balaban J connectivity index is 1.92. The smallest absolute Gasteiger partial charge is 0.255 e. The van der Waals surface area contributed by atoms with Crippen LogP contribution in [0.25, 0.3) is 0 Å². The van der Waals surface area contributed by atoms with Crippen molar-refractivity contribution in [1.29, 1.82) is 0 Å². The Morgan fingerprint density at radius 3 is 2.82 bits per heavy atom. The molecular weight excluding hydrogens is 278 g/mol. The van der Waals surface area contributed by atoms with Crippen LogP contribution in [0.2, 0.25) is 0 Å². The van der Waals surface area contributed by atoms with Gasteiger partial charge in [-0.2, -0.15) is 0 Å². The number of carbonyl (C=O) groups excluding carboxylic acids is 2. The van der Waals surface area contributed by atoms with Gasteiger partial charge >= 0.3 is 0 Å². The molecule has 2 fully saturated rings. The largest absolute Gasteiger partial charge is 0.338 e. The molecule has 22 heavy (non-hydrogen) atoms. The molecule has 0 bridgehead atoms. The van der Waals surface area contributed by atoms with Crippen LogP contribution in [0.1, 0.15) is 49.9 Å². The lowest BCUT2D eigenvalue weighted by Crippen LogP contribution is -2.68. The minimum atomic E-state index is -0.269. The number of carbonyl (C=O) groups is 2. The summed E-state index contributed by atoms with van der Waals surface area (Å²) in [5.41, 5.74) is 0.360. The van der Waals surface area contributed by atoms with Crippen molar-refractivity contribution in [3.8, 4) is 0 Å². The van der Waals surface area contributed by atoms with Crippen LogP contribution >= 0.6 is 0 Å². The summed E-state index contributed by atoms with van der Waals surface area (Å²) in [5.74, 6) is 0.150. The molecule has 0 radical (unpaired) electrons. The average molecular weight is 301 g/mol. The normalized spacial score (nSPS) is 28.2. The van der Waals surface area contributed by atoms with E-state index in [0.717, 1.165) is 38.8 Å². The number of amides is 2. The van der Waals surface area contributed by atoms with Crippen LogP contribution in [0.5, 0.6) is 0 Å². The molecule has 2 atom stereocenters. The molecular formula is C17H23N3O2. The second-order valence-corrected chi connectivity index (χ2v) is 6.53. The fourth-order valence-corrected chi connectivity index (χ4v) is 4.10. The molecule has 5 heteroatoms. The zero-order valence-corrected chi connectivity index (χ0v) is 13.3. The first-order valence-electron chi connectivity index (χ1n) is 8.03. The number of pyridine rings is 1. The van der Waals surface area contributed by atoms with Crippen molar-refractivity contribution >= 4 is 11.8 Å². The molecule has 2 aliphatic rings. The summed E-state index contributed by atoms with van der Waals surface area (Å²) in [6.07, 6.45) is 7.12. The van der Waals surface area contributed by atoms with Crippen molar-refractivity contribution in [3.63, 3.8) is 0 Å². The van der Waals surface area contributed by atoms with Crippen LogP contribution in [0.3, 0.4) is 0 Å². The first kappa shape index (κ1) is 15.0. The Hall–Kier alpha value is -1.91. The van der Waals surface area contributed by atoms with Crippen molar-refractivity contribution in [2.24, 2.45) is 0 Å². The predicted octanol–water partition coefficient (Wildman–Crippen LogP) is 2.09. The average Bonchev–Trinajstić information content (AvgIpc) is 2.53. The van der Waals surface area contributed by atoms with Gasteiger partial charge in [0.05, 0.1) is 17.1 Å². The molecule has 1 aromatic heterocycles. The van der Waals surface area contributed by atoms with Crippen LogP contribution in [0, 0.1) is 0 Å². The summed E-state index contributed by atoms with van der Waals surface area (Å²) >= 11 is 0. The van der Waals surface area contributed by atoms with Gasteiger partial charge in [0.25, 0.3) is 5.91 Å². The summed E-state index contributed by atoms with van der Waals surface area (Å²) in [7, 11) is 0. The molecule has 0 aliphatic carbocycles. The molecule has 0 saturated carbocycles. The first-order chi connectivity index (χ1) is 10.5. The minimum absolute atomic E-state index is 0.0331. The van der Waals surface area contributed by atoms with Crippen molar-refractivity contribution in [1.82, 2.24) is 14.8 Å². The Bertz CT molecular complexity index is 575. The Labute approximate surface area is 131 Å².